The molecule has 3 aliphatic rings. The van der Waals surface area contributed by atoms with Gasteiger partial charge in [0.1, 0.15) is 36.1 Å². The van der Waals surface area contributed by atoms with Crippen LogP contribution >= 0.6 is 11.8 Å². The number of aromatic amines is 1. The number of hydrogen-bond donors (Lipinski definition) is 3. The number of anilines is 2. The number of carbonyl (C=O) groups is 5. The Labute approximate surface area is 383 Å². The normalized spacial score (nSPS) is 20.9. The molecule has 3 aliphatic heterocycles. The highest BCUT2D eigenvalue weighted by atomic mass is 32.2. The number of piperazine rings is 1. The number of nitrogens with one attached hydrogen (secondary N) is 3. The fourth-order valence-electron chi connectivity index (χ4n) is 8.86. The smallest absolute Gasteiger partial charge is 0.453 e. The van der Waals surface area contributed by atoms with Crippen LogP contribution in [0.5, 0.6) is 5.75 Å². The van der Waals surface area contributed by atoms with Crippen LogP contribution in [0.1, 0.15) is 55.3 Å². The predicted octanol–water partition coefficient (Wildman–Crippen LogP) is 5.72. The summed E-state index contributed by atoms with van der Waals surface area (Å²) in [6.07, 6.45) is 1.21. The Hall–Kier alpha value is -6.35. The van der Waals surface area contributed by atoms with E-state index in [9.17, 15) is 37.1 Å². The van der Waals surface area contributed by atoms with E-state index in [0.717, 1.165) is 12.5 Å². The van der Waals surface area contributed by atoms with Crippen LogP contribution in [0.2, 0.25) is 0 Å². The van der Waals surface area contributed by atoms with Crippen molar-refractivity contribution in [1.82, 2.24) is 35.0 Å². The molecule has 0 unspecified atom stereocenters. The van der Waals surface area contributed by atoms with Gasteiger partial charge in [-0.05, 0) is 80.8 Å². The van der Waals surface area contributed by atoms with Crippen LogP contribution in [0.15, 0.2) is 67.0 Å². The lowest BCUT2D eigenvalue weighted by Gasteiger charge is -2.44. The average Bonchev–Trinajstić information content (AvgIpc) is 4.07. The number of carbonyl (C=O) groups excluding carboxylic acids is 5. The number of H-pyrrole nitrogens is 1. The maximum atomic E-state index is 13.8. The minimum Gasteiger partial charge on any atom is -0.453 e. The third-order valence-electron chi connectivity index (χ3n) is 12.3. The lowest BCUT2D eigenvalue weighted by atomic mass is 9.95. The Morgan fingerprint density at radius 1 is 0.939 bits per heavy atom. The Morgan fingerprint density at radius 2 is 1.70 bits per heavy atom. The molecule has 17 nitrogen and oxygen atoms in total. The van der Waals surface area contributed by atoms with Gasteiger partial charge in [-0.25, -0.2) is 14.8 Å². The molecular weight excluding hydrogens is 884 g/mol. The minimum atomic E-state index is -5.05. The maximum Gasteiger partial charge on any atom is 0.573 e. The van der Waals surface area contributed by atoms with Crippen molar-refractivity contribution in [3.05, 3.63) is 78.4 Å². The van der Waals surface area contributed by atoms with Crippen LogP contribution in [-0.4, -0.2) is 149 Å². The summed E-state index contributed by atoms with van der Waals surface area (Å²) in [5, 5.41) is 5.28. The van der Waals surface area contributed by atoms with Crippen molar-refractivity contribution < 1.29 is 51.4 Å². The van der Waals surface area contributed by atoms with Crippen LogP contribution in [0.3, 0.4) is 0 Å². The molecule has 3 saturated heterocycles. The molecule has 0 bridgehead atoms. The molecule has 5 heterocycles. The summed E-state index contributed by atoms with van der Waals surface area (Å²) in [6, 6.07) is 13.4. The number of alkyl halides is 3. The molecule has 7 rings (SSSR count). The lowest BCUT2D eigenvalue weighted by Crippen LogP contribution is -2.62. The third-order valence-corrected chi connectivity index (χ3v) is 13.3. The average molecular weight is 936 g/mol. The molecule has 2 aromatic heterocycles. The molecule has 0 spiro atoms. The molecule has 4 atom stereocenters. The quantitative estimate of drug-likeness (QED) is 0.148. The largest absolute Gasteiger partial charge is 0.573 e. The molecule has 3 N–H and O–H groups in total. The van der Waals surface area contributed by atoms with Crippen LogP contribution < -0.4 is 20.3 Å². The Kier molecular flexibility index (Phi) is 14.4. The van der Waals surface area contributed by atoms with E-state index in [1.165, 1.54) is 32.5 Å². The zero-order valence-corrected chi connectivity index (χ0v) is 38.0. The van der Waals surface area contributed by atoms with Gasteiger partial charge >= 0.3 is 12.5 Å². The summed E-state index contributed by atoms with van der Waals surface area (Å²) in [4.78, 5) is 84.0. The summed E-state index contributed by atoms with van der Waals surface area (Å²) in [7, 11) is 2.67. The number of aromatic nitrogens is 3. The van der Waals surface area contributed by atoms with Crippen LogP contribution in [0.4, 0.5) is 29.5 Å². The summed E-state index contributed by atoms with van der Waals surface area (Å²) >= 11 is 1.63. The van der Waals surface area contributed by atoms with E-state index < -0.39 is 29.7 Å². The molecule has 3 fully saturated rings. The van der Waals surface area contributed by atoms with Crippen LogP contribution in [-0.2, 0) is 23.9 Å². The molecule has 4 aromatic rings. The second kappa shape index (κ2) is 20.0. The number of amides is 5. The zero-order valence-electron chi connectivity index (χ0n) is 37.1. The van der Waals surface area contributed by atoms with Crippen molar-refractivity contribution in [3.8, 4) is 28.1 Å². The lowest BCUT2D eigenvalue weighted by molar-refractivity contribution is -0.274. The first-order chi connectivity index (χ1) is 31.5. The maximum absolute atomic E-state index is 13.8. The van der Waals surface area contributed by atoms with Crippen molar-refractivity contribution >= 4 is 53.0 Å². The topological polar surface area (TPSA) is 192 Å². The van der Waals surface area contributed by atoms with E-state index in [4.69, 9.17) is 4.74 Å². The number of thioether (sulfide) groups is 1. The number of rotatable bonds is 13. The first-order valence-electron chi connectivity index (χ1n) is 21.3. The van der Waals surface area contributed by atoms with E-state index in [2.05, 4.69) is 35.1 Å². The summed E-state index contributed by atoms with van der Waals surface area (Å²) < 4.78 is 55.3. The number of methoxy groups -OCH3 is 2. The monoisotopic (exact) mass is 935 g/mol. The molecule has 66 heavy (non-hydrogen) atoms. The van der Waals surface area contributed by atoms with Crippen LogP contribution in [0.25, 0.3) is 22.4 Å². The van der Waals surface area contributed by atoms with E-state index in [-0.39, 0.29) is 59.3 Å². The SMILES string of the molecule is COCC(=O)N1CCC[C@@]1(C)C(=O)N1CCN(c2ccc(NC(=O)c3ccc(-c4ccc(-c5cnc([C@@H]6C[C@H](SC)CN6C(=O)CNC(=O)OC)[nH]5)cc4)c(OC(F)(F)F)c3)cn2)[C@H](C)C1. The van der Waals surface area contributed by atoms with Crippen LogP contribution in [0, 0.1) is 0 Å². The van der Waals surface area contributed by atoms with Gasteiger partial charge in [-0.3, -0.25) is 19.2 Å². The van der Waals surface area contributed by atoms with Gasteiger partial charge in [0, 0.05) is 62.3 Å². The molecule has 0 aliphatic carbocycles. The number of hydrogen-bond acceptors (Lipinski definition) is 12. The molecule has 352 valence electrons. The Balaban J connectivity index is 0.997. The van der Waals surface area contributed by atoms with Gasteiger partial charge in [0.2, 0.25) is 17.7 Å². The number of halogens is 3. The minimum absolute atomic E-state index is 0.0826. The first kappa shape index (κ1) is 47.6. The molecule has 0 radical (unpaired) electrons. The number of nitrogens with zero attached hydrogens (tertiary/aromatic N) is 6. The van der Waals surface area contributed by atoms with Gasteiger partial charge in [0.05, 0.1) is 36.9 Å². The van der Waals surface area contributed by atoms with Crippen molar-refractivity contribution in [2.45, 2.75) is 62.3 Å². The van der Waals surface area contributed by atoms with Crippen molar-refractivity contribution in [2.75, 3.05) is 76.6 Å². The van der Waals surface area contributed by atoms with Gasteiger partial charge in [-0.1, -0.05) is 24.3 Å². The molecule has 5 amide bonds. The second-order valence-corrected chi connectivity index (χ2v) is 17.7. The summed E-state index contributed by atoms with van der Waals surface area (Å²) in [5.74, 6) is -0.683. The van der Waals surface area contributed by atoms with Crippen molar-refractivity contribution in [3.63, 3.8) is 0 Å². The predicted molar refractivity (Wildman–Crippen MR) is 240 cm³/mol. The van der Waals surface area contributed by atoms with Gasteiger partial charge < -0.3 is 49.4 Å². The number of alkyl carbamates (subject to hydrolysis) is 1. The Bertz CT molecular complexity index is 2420. The number of pyridine rings is 1. The number of imidazole rings is 1. The molecule has 21 heteroatoms. The standard InChI is InChI=1S/C45H52F3N9O8S/c1-27-24-54(42(61)44(2)15-6-16-57(44)39(59)26-63-3)17-18-55(27)37-14-12-31(21-49-37)52-41(60)30-11-13-33(36(19-30)65-45(46,47)48)28-7-9-29(10-8-28)34-22-50-40(53-34)35-20-32(66-5)25-56(35)38(58)23-51-43(62)64-4/h7-14,19,21-22,27,32,35H,6,15-18,20,23-26H2,1-5H3,(H,50,53)(H,51,62)(H,52,60)/t27-,32+,35+,44+/m1/s1. The van der Waals surface area contributed by atoms with E-state index in [1.807, 2.05) is 25.0 Å². The van der Waals surface area contributed by atoms with E-state index in [0.29, 0.717) is 79.7 Å². The van der Waals surface area contributed by atoms with Gasteiger partial charge in [0.25, 0.3) is 5.91 Å². The molecular formula is C45H52F3N9O8S. The number of ether oxygens (including phenoxy) is 3. The third kappa shape index (κ3) is 10.5. The van der Waals surface area contributed by atoms with Gasteiger partial charge in [-0.15, -0.1) is 13.2 Å². The van der Waals surface area contributed by atoms with Crippen molar-refractivity contribution in [2.24, 2.45) is 0 Å². The fraction of sp³-hybridized carbons (Fsp3) is 0.444. The number of likely N-dealkylation sites (tertiary alicyclic amines) is 2. The highest BCUT2D eigenvalue weighted by molar-refractivity contribution is 7.99. The second-order valence-electron chi connectivity index (χ2n) is 16.5. The summed E-state index contributed by atoms with van der Waals surface area (Å²) in [6.45, 7) is 5.76. The van der Waals surface area contributed by atoms with E-state index >= 15 is 0 Å². The fourth-order valence-corrected chi connectivity index (χ4v) is 9.55. The summed E-state index contributed by atoms with van der Waals surface area (Å²) in [5.41, 5.74) is 1.08. The zero-order chi connectivity index (χ0) is 47.3. The highest BCUT2D eigenvalue weighted by Crippen LogP contribution is 2.39. The van der Waals surface area contributed by atoms with Gasteiger partial charge in [-0.2, -0.15) is 11.8 Å². The number of benzene rings is 2. The van der Waals surface area contributed by atoms with Gasteiger partial charge in [0.15, 0.2) is 0 Å². The highest BCUT2D eigenvalue weighted by Gasteiger charge is 2.48. The van der Waals surface area contributed by atoms with E-state index in [1.54, 1.807) is 69.1 Å². The Morgan fingerprint density at radius 3 is 2.36 bits per heavy atom. The molecule has 0 saturated carbocycles. The first-order valence-corrected chi connectivity index (χ1v) is 22.6. The molecule has 2 aromatic carbocycles. The van der Waals surface area contributed by atoms with Crippen molar-refractivity contribution in [1.29, 1.82) is 0 Å².